The summed E-state index contributed by atoms with van der Waals surface area (Å²) in [4.78, 5) is 16.2. The summed E-state index contributed by atoms with van der Waals surface area (Å²) in [5.41, 5.74) is 5.06. The van der Waals surface area contributed by atoms with E-state index < -0.39 is 0 Å². The van der Waals surface area contributed by atoms with Gasteiger partial charge in [0.25, 0.3) is 5.91 Å². The summed E-state index contributed by atoms with van der Waals surface area (Å²) in [5, 5.41) is 10.9. The minimum Gasteiger partial charge on any atom is -0.493 e. The van der Waals surface area contributed by atoms with Crippen molar-refractivity contribution in [1.29, 1.82) is 0 Å². The number of hydrogen-bond acceptors (Lipinski definition) is 5. The molecule has 7 heteroatoms. The van der Waals surface area contributed by atoms with E-state index in [0.717, 1.165) is 29.7 Å². The molecule has 0 atom stereocenters. The van der Waals surface area contributed by atoms with Crippen molar-refractivity contribution < 1.29 is 9.53 Å². The highest BCUT2D eigenvalue weighted by Gasteiger charge is 2.13. The van der Waals surface area contributed by atoms with Gasteiger partial charge in [0, 0.05) is 23.5 Å². The number of hydrazone groups is 1. The Bertz CT molecular complexity index is 906. The predicted octanol–water partition coefficient (Wildman–Crippen LogP) is 3.41. The molecule has 1 amide bonds. The second-order valence-electron chi connectivity index (χ2n) is 5.85. The van der Waals surface area contributed by atoms with Gasteiger partial charge in [0.2, 0.25) is 0 Å². The van der Waals surface area contributed by atoms with Crippen molar-refractivity contribution in [2.75, 3.05) is 6.61 Å². The van der Waals surface area contributed by atoms with Crippen molar-refractivity contribution in [2.24, 2.45) is 5.10 Å². The van der Waals surface area contributed by atoms with Gasteiger partial charge in [-0.15, -0.1) is 0 Å². The maximum atomic E-state index is 12.2. The first-order valence-electron chi connectivity index (χ1n) is 8.79. The Kier molecular flexibility index (Phi) is 6.30. The number of benzene rings is 1. The van der Waals surface area contributed by atoms with Crippen molar-refractivity contribution >= 4 is 12.1 Å². The molecule has 2 heterocycles. The van der Waals surface area contributed by atoms with Crippen LogP contribution < -0.4 is 10.2 Å². The summed E-state index contributed by atoms with van der Waals surface area (Å²) < 4.78 is 5.83. The van der Waals surface area contributed by atoms with Crippen LogP contribution in [0.5, 0.6) is 5.75 Å². The number of nitrogens with one attached hydrogen (secondary N) is 2. The van der Waals surface area contributed by atoms with Crippen LogP contribution in [0.25, 0.3) is 11.3 Å². The lowest BCUT2D eigenvalue weighted by Crippen LogP contribution is -2.18. The fourth-order valence-corrected chi connectivity index (χ4v) is 2.38. The van der Waals surface area contributed by atoms with Crippen LogP contribution in [-0.2, 0) is 0 Å². The van der Waals surface area contributed by atoms with E-state index >= 15 is 0 Å². The number of nitrogens with zero attached hydrogens (tertiary/aromatic N) is 3. The molecule has 27 heavy (non-hydrogen) atoms. The summed E-state index contributed by atoms with van der Waals surface area (Å²) in [6, 6.07) is 13.0. The molecule has 138 valence electrons. The normalized spacial score (nSPS) is 10.9. The van der Waals surface area contributed by atoms with Gasteiger partial charge in [-0.2, -0.15) is 10.2 Å². The van der Waals surface area contributed by atoms with Crippen LogP contribution in [0.15, 0.2) is 60.0 Å². The monoisotopic (exact) mass is 363 g/mol. The third-order valence-electron chi connectivity index (χ3n) is 3.81. The highest BCUT2D eigenvalue weighted by atomic mass is 16.5. The number of aromatic nitrogens is 3. The van der Waals surface area contributed by atoms with Gasteiger partial charge in [-0.25, -0.2) is 5.43 Å². The van der Waals surface area contributed by atoms with E-state index in [0.29, 0.717) is 18.0 Å². The molecule has 7 nitrogen and oxygen atoms in total. The Morgan fingerprint density at radius 2 is 2.19 bits per heavy atom. The van der Waals surface area contributed by atoms with E-state index in [1.165, 1.54) is 6.21 Å². The highest BCUT2D eigenvalue weighted by molar-refractivity contribution is 5.94. The summed E-state index contributed by atoms with van der Waals surface area (Å²) in [7, 11) is 0. The molecule has 0 fully saturated rings. The molecule has 0 bridgehead atoms. The van der Waals surface area contributed by atoms with Gasteiger partial charge in [-0.3, -0.25) is 14.9 Å². The van der Waals surface area contributed by atoms with E-state index in [1.807, 2.05) is 30.3 Å². The number of para-hydroxylation sites is 1. The zero-order chi connectivity index (χ0) is 18.9. The Labute approximate surface area is 157 Å². The number of ether oxygens (including phenoxy) is 1. The van der Waals surface area contributed by atoms with E-state index in [-0.39, 0.29) is 5.91 Å². The van der Waals surface area contributed by atoms with Crippen LogP contribution >= 0.6 is 0 Å². The van der Waals surface area contributed by atoms with Gasteiger partial charge < -0.3 is 4.74 Å². The smallest absolute Gasteiger partial charge is 0.289 e. The SMILES string of the molecule is CCCCOc1ccccc1-c1cc(C(=O)NN=Cc2cccnc2)[nH]n1. The van der Waals surface area contributed by atoms with E-state index in [1.54, 1.807) is 24.5 Å². The second-order valence-corrected chi connectivity index (χ2v) is 5.85. The largest absolute Gasteiger partial charge is 0.493 e. The molecule has 2 aromatic heterocycles. The van der Waals surface area contributed by atoms with Crippen LogP contribution in [0.4, 0.5) is 0 Å². The van der Waals surface area contributed by atoms with Gasteiger partial charge in [-0.1, -0.05) is 31.5 Å². The maximum absolute atomic E-state index is 12.2. The lowest BCUT2D eigenvalue weighted by Gasteiger charge is -2.09. The lowest BCUT2D eigenvalue weighted by molar-refractivity contribution is 0.0950. The summed E-state index contributed by atoms with van der Waals surface area (Å²) >= 11 is 0. The topological polar surface area (TPSA) is 92.3 Å². The highest BCUT2D eigenvalue weighted by Crippen LogP contribution is 2.28. The number of amides is 1. The number of pyridine rings is 1. The maximum Gasteiger partial charge on any atom is 0.289 e. The number of unbranched alkanes of at least 4 members (excludes halogenated alkanes) is 1. The zero-order valence-electron chi connectivity index (χ0n) is 15.1. The molecule has 0 aliphatic rings. The van der Waals surface area contributed by atoms with Crippen molar-refractivity contribution in [3.63, 3.8) is 0 Å². The van der Waals surface area contributed by atoms with Gasteiger partial charge in [-0.05, 0) is 30.7 Å². The summed E-state index contributed by atoms with van der Waals surface area (Å²) in [6.07, 6.45) is 6.90. The first-order valence-corrected chi connectivity index (χ1v) is 8.79. The molecule has 3 aromatic rings. The molecule has 0 spiro atoms. The molecule has 0 aliphatic carbocycles. The van der Waals surface area contributed by atoms with Crippen LogP contribution in [0.3, 0.4) is 0 Å². The molecule has 1 aromatic carbocycles. The van der Waals surface area contributed by atoms with Crippen molar-refractivity contribution in [2.45, 2.75) is 19.8 Å². The number of carbonyl (C=O) groups excluding carboxylic acids is 1. The molecule has 0 saturated carbocycles. The van der Waals surface area contributed by atoms with Crippen LogP contribution in [0.1, 0.15) is 35.8 Å². The Hall–Kier alpha value is -3.48. The Morgan fingerprint density at radius 3 is 3.00 bits per heavy atom. The van der Waals surface area contributed by atoms with Gasteiger partial charge in [0.1, 0.15) is 11.4 Å². The lowest BCUT2D eigenvalue weighted by atomic mass is 10.1. The van der Waals surface area contributed by atoms with Crippen molar-refractivity contribution in [1.82, 2.24) is 20.6 Å². The average molecular weight is 363 g/mol. The molecule has 0 aliphatic heterocycles. The minimum atomic E-state index is -0.377. The molecule has 3 rings (SSSR count). The zero-order valence-corrected chi connectivity index (χ0v) is 15.1. The average Bonchev–Trinajstić information content (AvgIpc) is 3.19. The Balaban J connectivity index is 1.68. The number of hydrogen-bond donors (Lipinski definition) is 2. The van der Waals surface area contributed by atoms with Crippen molar-refractivity contribution in [3.05, 3.63) is 66.1 Å². The molecule has 0 radical (unpaired) electrons. The van der Waals surface area contributed by atoms with Gasteiger partial charge in [0.05, 0.1) is 18.5 Å². The summed E-state index contributed by atoms with van der Waals surface area (Å²) in [5.74, 6) is 0.372. The third kappa shape index (κ3) is 5.01. The van der Waals surface area contributed by atoms with Crippen molar-refractivity contribution in [3.8, 4) is 17.0 Å². The quantitative estimate of drug-likeness (QED) is 0.364. The van der Waals surface area contributed by atoms with Crippen LogP contribution in [0, 0.1) is 0 Å². The van der Waals surface area contributed by atoms with E-state index in [2.05, 4.69) is 32.6 Å². The number of H-pyrrole nitrogens is 1. The summed E-state index contributed by atoms with van der Waals surface area (Å²) in [6.45, 7) is 2.76. The molecule has 2 N–H and O–H groups in total. The minimum absolute atomic E-state index is 0.316. The van der Waals surface area contributed by atoms with Crippen LogP contribution in [-0.4, -0.2) is 33.9 Å². The predicted molar refractivity (Wildman–Crippen MR) is 104 cm³/mol. The first kappa shape index (κ1) is 18.3. The van der Waals surface area contributed by atoms with Gasteiger partial charge >= 0.3 is 0 Å². The number of rotatable bonds is 8. The van der Waals surface area contributed by atoms with E-state index in [4.69, 9.17) is 4.74 Å². The van der Waals surface area contributed by atoms with Crippen LogP contribution in [0.2, 0.25) is 0 Å². The number of carbonyl (C=O) groups is 1. The standard InChI is InChI=1S/C20H21N5O2/c1-2-3-11-27-19-9-5-4-8-16(19)17-12-18(24-23-17)20(26)25-22-14-15-7-6-10-21-13-15/h4-10,12-14H,2-3,11H2,1H3,(H,23,24)(H,25,26). The van der Waals surface area contributed by atoms with Gasteiger partial charge in [0.15, 0.2) is 0 Å². The Morgan fingerprint density at radius 1 is 1.30 bits per heavy atom. The number of aromatic amines is 1. The molecule has 0 unspecified atom stereocenters. The second kappa shape index (κ2) is 9.28. The first-order chi connectivity index (χ1) is 13.3. The van der Waals surface area contributed by atoms with E-state index in [9.17, 15) is 4.79 Å². The molecule has 0 saturated heterocycles. The molecular formula is C20H21N5O2. The fraction of sp³-hybridized carbons (Fsp3) is 0.200. The fourth-order valence-electron chi connectivity index (χ4n) is 2.38. The molecular weight excluding hydrogens is 342 g/mol. The third-order valence-corrected chi connectivity index (χ3v) is 3.81.